The molecule has 0 saturated carbocycles. The number of halogens is 1. The van der Waals surface area contributed by atoms with Crippen LogP contribution >= 0.6 is 11.6 Å². The summed E-state index contributed by atoms with van der Waals surface area (Å²) >= 11 is 6.14. The molecule has 1 aliphatic heterocycles. The normalized spacial score (nSPS) is 15.9. The van der Waals surface area contributed by atoms with E-state index in [9.17, 15) is 9.59 Å². The lowest BCUT2D eigenvalue weighted by Crippen LogP contribution is -2.56. The highest BCUT2D eigenvalue weighted by Gasteiger charge is 2.31. The zero-order valence-corrected chi connectivity index (χ0v) is 18.9. The highest BCUT2D eigenvalue weighted by atomic mass is 35.5. The molecule has 2 aromatic rings. The van der Waals surface area contributed by atoms with E-state index in [1.165, 1.54) is 5.56 Å². The van der Waals surface area contributed by atoms with Crippen molar-refractivity contribution in [2.75, 3.05) is 32.7 Å². The number of nitrogens with one attached hydrogen (secondary N) is 1. The zero-order valence-electron chi connectivity index (χ0n) is 18.1. The molecule has 1 saturated heterocycles. The topological polar surface area (TPSA) is 52.7 Å². The van der Waals surface area contributed by atoms with Crippen molar-refractivity contribution in [3.63, 3.8) is 0 Å². The first-order valence-corrected chi connectivity index (χ1v) is 11.1. The van der Waals surface area contributed by atoms with Crippen LogP contribution in [0.2, 0.25) is 5.02 Å². The van der Waals surface area contributed by atoms with Gasteiger partial charge in [-0.2, -0.15) is 0 Å². The third-order valence-corrected chi connectivity index (χ3v) is 5.82. The monoisotopic (exact) mass is 439 g/mol. The van der Waals surface area contributed by atoms with Gasteiger partial charge in [-0.1, -0.05) is 80.1 Å². The van der Waals surface area contributed by atoms with Gasteiger partial charge in [-0.15, -0.1) is 0 Å². The number of carbonyl (C=O) groups excluding carboxylic acids is 2. The van der Waals surface area contributed by atoms with E-state index in [0.717, 1.165) is 19.6 Å². The molecular formula is C25H30ClN3O2. The lowest BCUT2D eigenvalue weighted by molar-refractivity contribution is -0.136. The molecule has 1 atom stereocenters. The van der Waals surface area contributed by atoms with Crippen molar-refractivity contribution >= 4 is 29.5 Å². The summed E-state index contributed by atoms with van der Waals surface area (Å²) in [6, 6.07) is 16.5. The van der Waals surface area contributed by atoms with Crippen LogP contribution in [-0.2, 0) is 4.79 Å². The molecule has 5 nitrogen and oxygen atoms in total. The van der Waals surface area contributed by atoms with Crippen LogP contribution in [0.3, 0.4) is 0 Å². The first-order chi connectivity index (χ1) is 15.0. The Hall–Kier alpha value is -2.63. The number of amides is 2. The second-order valence-corrected chi connectivity index (χ2v) is 8.52. The molecule has 0 bridgehead atoms. The predicted molar refractivity (Wildman–Crippen MR) is 126 cm³/mol. The van der Waals surface area contributed by atoms with Gasteiger partial charge >= 0.3 is 0 Å². The molecule has 0 radical (unpaired) electrons. The van der Waals surface area contributed by atoms with Crippen molar-refractivity contribution < 1.29 is 9.59 Å². The fraction of sp³-hybridized carbons (Fsp3) is 0.360. The lowest BCUT2D eigenvalue weighted by atomic mass is 10.0. The maximum absolute atomic E-state index is 13.1. The molecule has 1 fully saturated rings. The van der Waals surface area contributed by atoms with Crippen molar-refractivity contribution in [1.29, 1.82) is 0 Å². The van der Waals surface area contributed by atoms with E-state index in [4.69, 9.17) is 11.6 Å². The van der Waals surface area contributed by atoms with Gasteiger partial charge in [-0.05, 0) is 23.6 Å². The second kappa shape index (κ2) is 11.1. The van der Waals surface area contributed by atoms with E-state index in [0.29, 0.717) is 23.7 Å². The minimum absolute atomic E-state index is 0.0224. The third kappa shape index (κ3) is 6.42. The van der Waals surface area contributed by atoms with Crippen molar-refractivity contribution in [3.05, 3.63) is 76.8 Å². The Morgan fingerprint density at radius 3 is 2.29 bits per heavy atom. The van der Waals surface area contributed by atoms with Gasteiger partial charge in [-0.25, -0.2) is 0 Å². The highest BCUT2D eigenvalue weighted by molar-refractivity contribution is 6.33. The fourth-order valence-electron chi connectivity index (χ4n) is 3.63. The van der Waals surface area contributed by atoms with Crippen molar-refractivity contribution in [1.82, 2.24) is 15.1 Å². The standard InChI is InChI=1S/C25H30ClN3O2/c1-19(2)23(27-24(30)21-12-6-7-13-22(21)26)25(31)29-17-15-28(16-18-29)14-8-11-20-9-4-3-5-10-20/h3-13,19,23H,14-18H2,1-2H3,(H,27,30). The van der Waals surface area contributed by atoms with E-state index >= 15 is 0 Å². The molecule has 3 rings (SSSR count). The summed E-state index contributed by atoms with van der Waals surface area (Å²) in [5, 5.41) is 3.28. The number of carbonyl (C=O) groups is 2. The van der Waals surface area contributed by atoms with Gasteiger partial charge in [0.2, 0.25) is 5.91 Å². The molecule has 0 aromatic heterocycles. The van der Waals surface area contributed by atoms with Crippen molar-refractivity contribution in [2.45, 2.75) is 19.9 Å². The molecule has 1 unspecified atom stereocenters. The first kappa shape index (κ1) is 23.0. The fourth-order valence-corrected chi connectivity index (χ4v) is 3.85. The number of benzene rings is 2. The Balaban J connectivity index is 1.53. The number of rotatable bonds is 7. The smallest absolute Gasteiger partial charge is 0.253 e. The molecule has 164 valence electrons. The summed E-state index contributed by atoms with van der Waals surface area (Å²) in [6.07, 6.45) is 4.28. The quantitative estimate of drug-likeness (QED) is 0.710. The number of nitrogens with zero attached hydrogens (tertiary/aromatic N) is 2. The molecule has 1 heterocycles. The van der Waals surface area contributed by atoms with Crippen LogP contribution in [0.25, 0.3) is 6.08 Å². The molecule has 2 aromatic carbocycles. The summed E-state index contributed by atoms with van der Waals surface area (Å²) < 4.78 is 0. The Morgan fingerprint density at radius 2 is 1.65 bits per heavy atom. The molecule has 0 aliphatic carbocycles. The Labute approximate surface area is 189 Å². The van der Waals surface area contributed by atoms with Gasteiger partial charge in [0.05, 0.1) is 10.6 Å². The maximum Gasteiger partial charge on any atom is 0.253 e. The van der Waals surface area contributed by atoms with Crippen LogP contribution in [0.5, 0.6) is 0 Å². The summed E-state index contributed by atoms with van der Waals surface area (Å²) in [5.41, 5.74) is 1.57. The molecular weight excluding hydrogens is 410 g/mol. The van der Waals surface area contributed by atoms with Gasteiger partial charge in [0.15, 0.2) is 0 Å². The minimum Gasteiger partial charge on any atom is -0.340 e. The summed E-state index contributed by atoms with van der Waals surface area (Å²) in [4.78, 5) is 30.0. The van der Waals surface area contributed by atoms with E-state index in [-0.39, 0.29) is 17.7 Å². The molecule has 1 N–H and O–H groups in total. The van der Waals surface area contributed by atoms with E-state index in [2.05, 4.69) is 34.5 Å². The minimum atomic E-state index is -0.576. The van der Waals surface area contributed by atoms with E-state index in [1.807, 2.05) is 36.9 Å². The largest absolute Gasteiger partial charge is 0.340 e. The molecule has 31 heavy (non-hydrogen) atoms. The van der Waals surface area contributed by atoms with E-state index < -0.39 is 6.04 Å². The average Bonchev–Trinajstić information content (AvgIpc) is 2.78. The Morgan fingerprint density at radius 1 is 1.00 bits per heavy atom. The molecule has 1 aliphatic rings. The first-order valence-electron chi connectivity index (χ1n) is 10.7. The zero-order chi connectivity index (χ0) is 22.2. The molecule has 6 heteroatoms. The summed E-state index contributed by atoms with van der Waals surface area (Å²) in [6.45, 7) is 7.68. The predicted octanol–water partition coefficient (Wildman–Crippen LogP) is 3.95. The average molecular weight is 440 g/mol. The second-order valence-electron chi connectivity index (χ2n) is 8.11. The van der Waals surface area contributed by atoms with E-state index in [1.54, 1.807) is 24.3 Å². The van der Waals surface area contributed by atoms with Crippen molar-refractivity contribution in [3.8, 4) is 0 Å². The third-order valence-electron chi connectivity index (χ3n) is 5.50. The highest BCUT2D eigenvalue weighted by Crippen LogP contribution is 2.16. The summed E-state index contributed by atoms with van der Waals surface area (Å²) in [5.74, 6) is -0.372. The lowest BCUT2D eigenvalue weighted by Gasteiger charge is -2.37. The molecule has 0 spiro atoms. The van der Waals surface area contributed by atoms with Gasteiger partial charge in [-0.3, -0.25) is 14.5 Å². The number of hydrogen-bond donors (Lipinski definition) is 1. The van der Waals surface area contributed by atoms with Gasteiger partial charge in [0, 0.05) is 32.7 Å². The van der Waals surface area contributed by atoms with Gasteiger partial charge in [0.1, 0.15) is 6.04 Å². The van der Waals surface area contributed by atoms with Crippen LogP contribution < -0.4 is 5.32 Å². The maximum atomic E-state index is 13.1. The van der Waals surface area contributed by atoms with Crippen LogP contribution in [-0.4, -0.2) is 60.4 Å². The van der Waals surface area contributed by atoms with Crippen LogP contribution in [0.15, 0.2) is 60.7 Å². The SMILES string of the molecule is CC(C)C(NC(=O)c1ccccc1Cl)C(=O)N1CCN(CC=Cc2ccccc2)CC1. The van der Waals surface area contributed by atoms with Gasteiger partial charge < -0.3 is 10.2 Å². The summed E-state index contributed by atoms with van der Waals surface area (Å²) in [7, 11) is 0. The van der Waals surface area contributed by atoms with Crippen LogP contribution in [0.1, 0.15) is 29.8 Å². The number of piperazine rings is 1. The van der Waals surface area contributed by atoms with Crippen LogP contribution in [0.4, 0.5) is 0 Å². The van der Waals surface area contributed by atoms with Gasteiger partial charge in [0.25, 0.3) is 5.91 Å². The molecule has 2 amide bonds. The Kier molecular flexibility index (Phi) is 8.27. The van der Waals surface area contributed by atoms with Crippen molar-refractivity contribution in [2.24, 2.45) is 5.92 Å². The Bertz CT molecular complexity index is 906. The van der Waals surface area contributed by atoms with Crippen LogP contribution in [0, 0.1) is 5.92 Å². The number of hydrogen-bond acceptors (Lipinski definition) is 3.